The number of pyridine rings is 1. The standard InChI is InChI=1S/C27H28ClN3O3S/c1-6-34-24-17(8-7-16(2)29-24)15-31-25(32)22-20(28)13-14-21(23(22)26(31)33)30-35-19-11-9-18(10-12-19)27(3,4)5/h7-14,30H,6,15H2,1-5H3. The fraction of sp³-hybridized carbons (Fsp3) is 0.296. The van der Waals surface area contributed by atoms with Gasteiger partial charge in [-0.05, 0) is 67.1 Å². The summed E-state index contributed by atoms with van der Waals surface area (Å²) in [5.41, 5.74) is 3.79. The number of rotatable bonds is 7. The van der Waals surface area contributed by atoms with Gasteiger partial charge < -0.3 is 9.46 Å². The number of nitrogens with zero attached hydrogens (tertiary/aromatic N) is 2. The second-order valence-electron chi connectivity index (χ2n) is 9.37. The first-order valence-electron chi connectivity index (χ1n) is 11.4. The van der Waals surface area contributed by atoms with E-state index in [0.717, 1.165) is 10.6 Å². The Labute approximate surface area is 215 Å². The van der Waals surface area contributed by atoms with Crippen LogP contribution in [0, 0.1) is 6.92 Å². The zero-order valence-electron chi connectivity index (χ0n) is 20.4. The highest BCUT2D eigenvalue weighted by molar-refractivity contribution is 8.00. The Bertz CT molecular complexity index is 1290. The number of benzene rings is 2. The van der Waals surface area contributed by atoms with Crippen molar-refractivity contribution in [1.82, 2.24) is 9.88 Å². The molecule has 0 atom stereocenters. The summed E-state index contributed by atoms with van der Waals surface area (Å²) < 4.78 is 8.88. The van der Waals surface area contributed by atoms with Gasteiger partial charge in [-0.15, -0.1) is 0 Å². The predicted molar refractivity (Wildman–Crippen MR) is 140 cm³/mol. The highest BCUT2D eigenvalue weighted by Gasteiger charge is 2.40. The Kier molecular flexibility index (Phi) is 7.10. The summed E-state index contributed by atoms with van der Waals surface area (Å²) in [6, 6.07) is 15.3. The molecular weight excluding hydrogens is 482 g/mol. The van der Waals surface area contributed by atoms with Crippen LogP contribution in [0.3, 0.4) is 0 Å². The van der Waals surface area contributed by atoms with Crippen LogP contribution in [0.4, 0.5) is 5.69 Å². The molecule has 0 saturated carbocycles. The van der Waals surface area contributed by atoms with Gasteiger partial charge in [-0.2, -0.15) is 0 Å². The van der Waals surface area contributed by atoms with Crippen molar-refractivity contribution < 1.29 is 14.3 Å². The van der Waals surface area contributed by atoms with Gasteiger partial charge in [0, 0.05) is 16.2 Å². The zero-order chi connectivity index (χ0) is 25.3. The van der Waals surface area contributed by atoms with E-state index in [9.17, 15) is 9.59 Å². The monoisotopic (exact) mass is 509 g/mol. The van der Waals surface area contributed by atoms with E-state index in [1.54, 1.807) is 12.1 Å². The number of anilines is 1. The normalized spacial score (nSPS) is 13.3. The maximum absolute atomic E-state index is 13.4. The average molecular weight is 510 g/mol. The molecule has 8 heteroatoms. The van der Waals surface area contributed by atoms with Crippen LogP contribution in [-0.2, 0) is 12.0 Å². The summed E-state index contributed by atoms with van der Waals surface area (Å²) in [7, 11) is 0. The van der Waals surface area contributed by atoms with Gasteiger partial charge in [-0.25, -0.2) is 4.98 Å². The Morgan fingerprint density at radius 3 is 2.34 bits per heavy atom. The smallest absolute Gasteiger partial charge is 0.264 e. The summed E-state index contributed by atoms with van der Waals surface area (Å²) >= 11 is 7.76. The maximum atomic E-state index is 13.4. The highest BCUT2D eigenvalue weighted by Crippen LogP contribution is 2.38. The molecule has 4 rings (SSSR count). The van der Waals surface area contributed by atoms with Crippen molar-refractivity contribution in [2.45, 2.75) is 51.5 Å². The number of nitrogens with one attached hydrogen (secondary N) is 1. The second-order valence-corrected chi connectivity index (χ2v) is 10.7. The summed E-state index contributed by atoms with van der Waals surface area (Å²) in [6.07, 6.45) is 0. The lowest BCUT2D eigenvalue weighted by Gasteiger charge is -2.19. The molecule has 2 aromatic carbocycles. The van der Waals surface area contributed by atoms with E-state index >= 15 is 0 Å². The van der Waals surface area contributed by atoms with Crippen LogP contribution in [0.2, 0.25) is 5.02 Å². The molecule has 6 nitrogen and oxygen atoms in total. The van der Waals surface area contributed by atoms with Crippen molar-refractivity contribution in [3.8, 4) is 5.88 Å². The molecule has 0 unspecified atom stereocenters. The molecule has 2 amide bonds. The molecule has 1 N–H and O–H groups in total. The SMILES string of the molecule is CCOc1nc(C)ccc1CN1C(=O)c2c(Cl)ccc(NSc3ccc(C(C)(C)C)cc3)c2C1=O. The maximum Gasteiger partial charge on any atom is 0.264 e. The summed E-state index contributed by atoms with van der Waals surface area (Å²) in [5.74, 6) is -0.411. The van der Waals surface area contributed by atoms with Gasteiger partial charge in [-0.3, -0.25) is 14.5 Å². The zero-order valence-corrected chi connectivity index (χ0v) is 22.0. The molecule has 1 aromatic heterocycles. The van der Waals surface area contributed by atoms with Crippen LogP contribution in [0.1, 0.15) is 65.2 Å². The molecule has 35 heavy (non-hydrogen) atoms. The number of carbonyl (C=O) groups is 2. The molecule has 0 spiro atoms. The minimum atomic E-state index is -0.429. The van der Waals surface area contributed by atoms with Gasteiger partial charge in [0.05, 0.1) is 35.0 Å². The molecule has 1 aliphatic rings. The van der Waals surface area contributed by atoms with E-state index in [1.807, 2.05) is 38.1 Å². The summed E-state index contributed by atoms with van der Waals surface area (Å²) in [6.45, 7) is 10.7. The van der Waals surface area contributed by atoms with Crippen molar-refractivity contribution in [2.75, 3.05) is 11.3 Å². The Hall–Kier alpha value is -3.03. The Morgan fingerprint density at radius 1 is 1.00 bits per heavy atom. The largest absolute Gasteiger partial charge is 0.478 e. The molecule has 1 aliphatic heterocycles. The number of fused-ring (bicyclic) bond motifs is 1. The molecule has 2 heterocycles. The molecule has 3 aromatic rings. The van der Waals surface area contributed by atoms with E-state index in [1.165, 1.54) is 22.4 Å². The molecule has 0 saturated heterocycles. The number of hydrogen-bond donors (Lipinski definition) is 1. The van der Waals surface area contributed by atoms with Crippen molar-refractivity contribution in [3.05, 3.63) is 81.5 Å². The van der Waals surface area contributed by atoms with Crippen LogP contribution in [-0.4, -0.2) is 28.3 Å². The fourth-order valence-corrected chi connectivity index (χ4v) is 4.76. The first-order valence-corrected chi connectivity index (χ1v) is 12.6. The quantitative estimate of drug-likeness (QED) is 0.284. The van der Waals surface area contributed by atoms with Crippen LogP contribution in [0.25, 0.3) is 0 Å². The number of amides is 2. The Morgan fingerprint density at radius 2 is 1.69 bits per heavy atom. The van der Waals surface area contributed by atoms with Crippen LogP contribution < -0.4 is 9.46 Å². The third-order valence-electron chi connectivity index (χ3n) is 5.76. The lowest BCUT2D eigenvalue weighted by Crippen LogP contribution is -2.29. The highest BCUT2D eigenvalue weighted by atomic mass is 35.5. The van der Waals surface area contributed by atoms with Gasteiger partial charge in [-0.1, -0.05) is 50.6 Å². The molecule has 182 valence electrons. The first kappa shape index (κ1) is 25.1. The first-order chi connectivity index (χ1) is 16.6. The van der Waals surface area contributed by atoms with Gasteiger partial charge in [0.2, 0.25) is 5.88 Å². The number of ether oxygens (including phenoxy) is 1. The Balaban J connectivity index is 1.58. The predicted octanol–water partition coefficient (Wildman–Crippen LogP) is 6.66. The number of halogens is 1. The van der Waals surface area contributed by atoms with E-state index < -0.39 is 11.8 Å². The summed E-state index contributed by atoms with van der Waals surface area (Å²) in [4.78, 5) is 33.3. The molecular formula is C27H28ClN3O3S. The summed E-state index contributed by atoms with van der Waals surface area (Å²) in [5, 5.41) is 0.248. The van der Waals surface area contributed by atoms with Crippen molar-refractivity contribution >= 4 is 41.1 Å². The van der Waals surface area contributed by atoms with Crippen molar-refractivity contribution in [3.63, 3.8) is 0 Å². The minimum absolute atomic E-state index is 0.0478. The minimum Gasteiger partial charge on any atom is -0.478 e. The topological polar surface area (TPSA) is 71.5 Å². The molecule has 0 bridgehead atoms. The van der Waals surface area contributed by atoms with Crippen LogP contribution in [0.5, 0.6) is 5.88 Å². The third-order valence-corrected chi connectivity index (χ3v) is 6.90. The van der Waals surface area contributed by atoms with E-state index in [2.05, 4.69) is 42.6 Å². The lowest BCUT2D eigenvalue weighted by atomic mass is 9.87. The molecule has 0 aliphatic carbocycles. The van der Waals surface area contributed by atoms with Crippen LogP contribution >= 0.6 is 23.5 Å². The van der Waals surface area contributed by atoms with Crippen molar-refractivity contribution in [2.24, 2.45) is 0 Å². The van der Waals surface area contributed by atoms with E-state index in [-0.39, 0.29) is 28.1 Å². The second kappa shape index (κ2) is 9.91. The van der Waals surface area contributed by atoms with Gasteiger partial charge in [0.25, 0.3) is 11.8 Å². The van der Waals surface area contributed by atoms with Gasteiger partial charge in [0.1, 0.15) is 0 Å². The number of aromatic nitrogens is 1. The number of aryl methyl sites for hydroxylation is 1. The van der Waals surface area contributed by atoms with Gasteiger partial charge >= 0.3 is 0 Å². The number of imide groups is 1. The van der Waals surface area contributed by atoms with Gasteiger partial charge in [0.15, 0.2) is 0 Å². The average Bonchev–Trinajstić information content (AvgIpc) is 3.06. The van der Waals surface area contributed by atoms with Crippen LogP contribution in [0.15, 0.2) is 53.4 Å². The van der Waals surface area contributed by atoms with Crippen molar-refractivity contribution in [1.29, 1.82) is 0 Å². The number of hydrogen-bond acceptors (Lipinski definition) is 6. The number of carbonyl (C=O) groups excluding carboxylic acids is 2. The fourth-order valence-electron chi connectivity index (χ4n) is 3.85. The molecule has 0 radical (unpaired) electrons. The van der Waals surface area contributed by atoms with E-state index in [0.29, 0.717) is 23.7 Å². The van der Waals surface area contributed by atoms with E-state index in [4.69, 9.17) is 16.3 Å². The third kappa shape index (κ3) is 5.16. The molecule has 0 fully saturated rings. The lowest BCUT2D eigenvalue weighted by molar-refractivity contribution is 0.0641.